The lowest BCUT2D eigenvalue weighted by molar-refractivity contribution is -0.156. The van der Waals surface area contributed by atoms with Crippen molar-refractivity contribution < 1.29 is 37.3 Å². The molecule has 0 radical (unpaired) electrons. The van der Waals surface area contributed by atoms with Crippen molar-refractivity contribution in [3.8, 4) is 5.88 Å². The Morgan fingerprint density at radius 2 is 1.95 bits per heavy atom. The molecule has 218 valence electrons. The van der Waals surface area contributed by atoms with Crippen molar-refractivity contribution in [1.29, 1.82) is 0 Å². The van der Waals surface area contributed by atoms with Crippen LogP contribution in [0, 0.1) is 11.3 Å². The van der Waals surface area contributed by atoms with Crippen LogP contribution in [0.15, 0.2) is 41.0 Å². The molecule has 2 aromatic rings. The average Bonchev–Trinajstić information content (AvgIpc) is 3.53. The Bertz CT molecular complexity index is 1250. The van der Waals surface area contributed by atoms with Crippen molar-refractivity contribution >= 4 is 27.8 Å². The average molecular weight is 628 g/mol. The van der Waals surface area contributed by atoms with E-state index in [0.29, 0.717) is 35.7 Å². The lowest BCUT2D eigenvalue weighted by Gasteiger charge is -2.35. The number of amides is 1. The number of carboxylic acids is 1. The molecule has 0 aliphatic carbocycles. The first-order valence-corrected chi connectivity index (χ1v) is 13.8. The number of nitrogens with zero attached hydrogens (tertiary/aromatic N) is 2. The molecule has 1 aromatic carbocycles. The fraction of sp³-hybridized carbons (Fsp3) is 0.536. The van der Waals surface area contributed by atoms with Gasteiger partial charge in [0.2, 0.25) is 5.88 Å². The molecule has 2 saturated heterocycles. The number of carbonyl (C=O) groups is 2. The van der Waals surface area contributed by atoms with Crippen LogP contribution in [0.25, 0.3) is 0 Å². The number of nitrogens with one attached hydrogen (secondary N) is 1. The first kappa shape index (κ1) is 30.3. The summed E-state index contributed by atoms with van der Waals surface area (Å²) in [6.45, 7) is 5.99. The van der Waals surface area contributed by atoms with Crippen molar-refractivity contribution in [2.24, 2.45) is 11.3 Å². The summed E-state index contributed by atoms with van der Waals surface area (Å²) in [5, 5.41) is 13.9. The van der Waals surface area contributed by atoms with Gasteiger partial charge in [0.05, 0.1) is 18.7 Å². The number of ether oxygens (including phenoxy) is 2. The van der Waals surface area contributed by atoms with Gasteiger partial charge < -0.3 is 24.8 Å². The molecule has 0 unspecified atom stereocenters. The van der Waals surface area contributed by atoms with Gasteiger partial charge in [-0.25, -0.2) is 9.78 Å². The molecule has 2 aliphatic heterocycles. The first-order valence-electron chi connectivity index (χ1n) is 13.0. The number of hydrogen-bond acceptors (Lipinski definition) is 6. The summed E-state index contributed by atoms with van der Waals surface area (Å²) in [6.07, 6.45) is -3.49. The molecule has 2 aliphatic rings. The lowest BCUT2D eigenvalue weighted by Crippen LogP contribution is -2.50. The van der Waals surface area contributed by atoms with Crippen molar-refractivity contribution in [2.75, 3.05) is 13.7 Å². The Morgan fingerprint density at radius 1 is 1.25 bits per heavy atom. The number of pyridine rings is 1. The highest BCUT2D eigenvalue weighted by Crippen LogP contribution is 2.50. The quantitative estimate of drug-likeness (QED) is 0.435. The molecule has 40 heavy (non-hydrogen) atoms. The Balaban J connectivity index is 1.84. The molecule has 0 bridgehead atoms. The third-order valence-corrected chi connectivity index (χ3v) is 8.30. The first-order chi connectivity index (χ1) is 18.8. The number of likely N-dealkylation sites (tertiary alicyclic amines) is 1. The predicted octanol–water partition coefficient (Wildman–Crippen LogP) is 5.21. The second-order valence-electron chi connectivity index (χ2n) is 11.2. The van der Waals surface area contributed by atoms with E-state index in [2.05, 4.69) is 26.2 Å². The Kier molecular flexibility index (Phi) is 8.82. The van der Waals surface area contributed by atoms with Crippen molar-refractivity contribution in [3.05, 3.63) is 57.7 Å². The minimum absolute atomic E-state index is 0.0188. The van der Waals surface area contributed by atoms with Crippen LogP contribution in [0.2, 0.25) is 0 Å². The summed E-state index contributed by atoms with van der Waals surface area (Å²) in [5.41, 5.74) is -0.711. The van der Waals surface area contributed by atoms with Gasteiger partial charge >= 0.3 is 12.1 Å². The van der Waals surface area contributed by atoms with E-state index in [0.717, 1.165) is 6.07 Å². The number of carboxylic acid groups (broad SMARTS) is 1. The van der Waals surface area contributed by atoms with Crippen LogP contribution in [0.4, 0.5) is 13.2 Å². The molecular weight excluding hydrogens is 595 g/mol. The van der Waals surface area contributed by atoms with E-state index in [4.69, 9.17) is 9.47 Å². The van der Waals surface area contributed by atoms with Crippen LogP contribution in [0.5, 0.6) is 5.88 Å². The van der Waals surface area contributed by atoms with Crippen LogP contribution in [-0.4, -0.2) is 58.8 Å². The van der Waals surface area contributed by atoms with Gasteiger partial charge in [-0.1, -0.05) is 54.9 Å². The summed E-state index contributed by atoms with van der Waals surface area (Å²) >= 11 is 3.57. The predicted molar refractivity (Wildman–Crippen MR) is 143 cm³/mol. The van der Waals surface area contributed by atoms with Crippen LogP contribution >= 0.6 is 15.9 Å². The molecule has 12 heteroatoms. The number of rotatable bonds is 7. The fourth-order valence-electron chi connectivity index (χ4n) is 5.90. The summed E-state index contributed by atoms with van der Waals surface area (Å²) < 4.78 is 52.1. The molecule has 0 saturated carbocycles. The number of carbonyl (C=O) groups excluding carboxylic acids is 1. The van der Waals surface area contributed by atoms with Crippen LogP contribution in [-0.2, 0) is 27.0 Å². The van der Waals surface area contributed by atoms with Gasteiger partial charge in [0.15, 0.2) is 0 Å². The Morgan fingerprint density at radius 3 is 2.50 bits per heavy atom. The van der Waals surface area contributed by atoms with E-state index < -0.39 is 59.2 Å². The van der Waals surface area contributed by atoms with E-state index >= 15 is 0 Å². The molecule has 8 nitrogen and oxygen atoms in total. The normalized spacial score (nSPS) is 25.3. The minimum atomic E-state index is -4.61. The topological polar surface area (TPSA) is 101 Å². The lowest BCUT2D eigenvalue weighted by atomic mass is 9.72. The highest BCUT2D eigenvalue weighted by molar-refractivity contribution is 9.10. The number of alkyl halides is 3. The van der Waals surface area contributed by atoms with E-state index in [-0.39, 0.29) is 18.0 Å². The molecule has 1 amide bonds. The zero-order chi connectivity index (χ0) is 29.4. The minimum Gasteiger partial charge on any atom is -0.481 e. The number of aliphatic carboxylic acids is 1. The summed E-state index contributed by atoms with van der Waals surface area (Å²) in [7, 11) is 1.32. The summed E-state index contributed by atoms with van der Waals surface area (Å²) in [4.78, 5) is 32.1. The van der Waals surface area contributed by atoms with Gasteiger partial charge in [-0.05, 0) is 36.0 Å². The van der Waals surface area contributed by atoms with Gasteiger partial charge in [-0.2, -0.15) is 13.2 Å². The van der Waals surface area contributed by atoms with Crippen LogP contribution < -0.4 is 10.1 Å². The summed E-state index contributed by atoms with van der Waals surface area (Å²) in [6, 6.07) is 5.56. The number of hydrogen-bond donors (Lipinski definition) is 2. The molecule has 0 spiro atoms. The van der Waals surface area contributed by atoms with E-state index in [1.54, 1.807) is 12.1 Å². The van der Waals surface area contributed by atoms with Crippen molar-refractivity contribution in [3.63, 3.8) is 0 Å². The molecule has 3 heterocycles. The van der Waals surface area contributed by atoms with E-state index in [1.165, 1.54) is 12.0 Å². The van der Waals surface area contributed by atoms with E-state index in [1.807, 2.05) is 32.9 Å². The summed E-state index contributed by atoms with van der Waals surface area (Å²) in [5.74, 6) is -2.18. The van der Waals surface area contributed by atoms with Gasteiger partial charge in [-0.15, -0.1) is 0 Å². The number of halogens is 4. The number of benzene rings is 1. The highest BCUT2D eigenvalue weighted by atomic mass is 79.9. The highest BCUT2D eigenvalue weighted by Gasteiger charge is 2.59. The standard InChI is InChI=1S/C28H33BrF3N3O5/c1-27(2,3)20-21(33-13-15-12-16(28(30,31)32)14-34-24(15)39-4)22(17-8-5-6-9-18(17)29)35(23(20)26(37)38)25(36)19-10-7-11-40-19/h5-6,8-9,12,14,19-23,33H,7,10-11,13H2,1-4H3,(H,37,38)/t19-,20-,21-,22-,23-/m0/s1. The SMILES string of the molecule is COc1ncc(C(F)(F)F)cc1CN[C@H]1[C@H](C(C)(C)C)[C@@H](C(=O)O)N(C(=O)[C@@H]2CCCO2)[C@H]1c1ccccc1Br. The zero-order valence-corrected chi connectivity index (χ0v) is 24.3. The maximum Gasteiger partial charge on any atom is 0.417 e. The van der Waals surface area contributed by atoms with Crippen LogP contribution in [0.3, 0.4) is 0 Å². The largest absolute Gasteiger partial charge is 0.481 e. The maximum absolute atomic E-state index is 13.9. The van der Waals surface area contributed by atoms with Crippen LogP contribution in [0.1, 0.15) is 56.3 Å². The molecule has 1 aromatic heterocycles. The van der Waals surface area contributed by atoms with Crippen molar-refractivity contribution in [1.82, 2.24) is 15.2 Å². The second-order valence-corrected chi connectivity index (χ2v) is 12.0. The molecule has 4 rings (SSSR count). The zero-order valence-electron chi connectivity index (χ0n) is 22.7. The molecule has 2 N–H and O–H groups in total. The van der Waals surface area contributed by atoms with Gasteiger partial charge in [-0.3, -0.25) is 4.79 Å². The third kappa shape index (κ3) is 5.99. The van der Waals surface area contributed by atoms with Gasteiger partial charge in [0.25, 0.3) is 5.91 Å². The van der Waals surface area contributed by atoms with Gasteiger partial charge in [0.1, 0.15) is 12.1 Å². The van der Waals surface area contributed by atoms with E-state index in [9.17, 15) is 27.9 Å². The Hall–Kier alpha value is -2.70. The van der Waals surface area contributed by atoms with Crippen molar-refractivity contribution in [2.45, 2.75) is 70.6 Å². The maximum atomic E-state index is 13.9. The third-order valence-electron chi connectivity index (χ3n) is 7.58. The monoisotopic (exact) mass is 627 g/mol. The number of methoxy groups -OCH3 is 1. The molecule has 2 fully saturated rings. The Labute approximate surface area is 239 Å². The molecular formula is C28H33BrF3N3O5. The molecule has 5 atom stereocenters. The number of aromatic nitrogens is 1. The fourth-order valence-corrected chi connectivity index (χ4v) is 6.42. The van der Waals surface area contributed by atoms with Gasteiger partial charge in [0, 0.05) is 41.3 Å². The second kappa shape index (κ2) is 11.7. The smallest absolute Gasteiger partial charge is 0.417 e.